The molecule has 0 saturated heterocycles. The van der Waals surface area contributed by atoms with Gasteiger partial charge < -0.3 is 9.84 Å². The van der Waals surface area contributed by atoms with Crippen LogP contribution in [0.4, 0.5) is 0 Å². The third kappa shape index (κ3) is 4.81. The van der Waals surface area contributed by atoms with Crippen molar-refractivity contribution in [2.24, 2.45) is 11.8 Å². The Labute approximate surface area is 147 Å². The van der Waals surface area contributed by atoms with Gasteiger partial charge in [0, 0.05) is 17.0 Å². The maximum Gasteiger partial charge on any atom is 0.249 e. The zero-order valence-corrected chi connectivity index (χ0v) is 15.3. The Morgan fingerprint density at radius 1 is 1.25 bits per heavy atom. The minimum atomic E-state index is -0.283. The van der Waals surface area contributed by atoms with Gasteiger partial charge in [-0.2, -0.15) is 4.98 Å². The lowest BCUT2D eigenvalue weighted by atomic mass is 9.98. The van der Waals surface area contributed by atoms with Crippen molar-refractivity contribution >= 4 is 17.5 Å². The summed E-state index contributed by atoms with van der Waals surface area (Å²) in [6, 6.07) is 6.96. The molecule has 0 aliphatic carbocycles. The maximum absolute atomic E-state index is 12.2. The Morgan fingerprint density at radius 2 is 1.92 bits per heavy atom. The molecule has 130 valence electrons. The minimum absolute atomic E-state index is 0.00143. The predicted octanol–water partition coefficient (Wildman–Crippen LogP) is 4.64. The van der Waals surface area contributed by atoms with Crippen LogP contribution in [-0.4, -0.2) is 16.0 Å². The number of hydrogen-bond donors (Lipinski definition) is 1. The molecule has 1 N–H and O–H groups in total. The summed E-state index contributed by atoms with van der Waals surface area (Å²) in [4.78, 5) is 16.6. The van der Waals surface area contributed by atoms with E-state index in [1.807, 2.05) is 26.0 Å². The lowest BCUT2D eigenvalue weighted by Gasteiger charge is -2.21. The molecule has 1 heterocycles. The normalized spacial score (nSPS) is 13.8. The van der Waals surface area contributed by atoms with Gasteiger partial charge in [-0.3, -0.25) is 4.79 Å². The minimum Gasteiger partial charge on any atom is -0.344 e. The van der Waals surface area contributed by atoms with Crippen LogP contribution in [0.3, 0.4) is 0 Å². The Morgan fingerprint density at radius 3 is 2.50 bits per heavy atom. The molecule has 0 unspecified atom stereocenters. The number of hydrogen-bond acceptors (Lipinski definition) is 4. The summed E-state index contributed by atoms with van der Waals surface area (Å²) in [5.74, 6) is 1.43. The SMILES string of the molecule is CC[C@H](C)[C@H](NC(=O)CC(C)C)c1nc(-c2ccc(Cl)cc2)no1. The highest BCUT2D eigenvalue weighted by Crippen LogP contribution is 2.26. The van der Waals surface area contributed by atoms with Crippen molar-refractivity contribution in [1.29, 1.82) is 0 Å². The van der Waals surface area contributed by atoms with E-state index >= 15 is 0 Å². The summed E-state index contributed by atoms with van der Waals surface area (Å²) < 4.78 is 5.43. The number of nitrogens with zero attached hydrogens (tertiary/aromatic N) is 2. The second-order valence-electron chi connectivity index (χ2n) is 6.49. The van der Waals surface area contributed by atoms with Crippen LogP contribution >= 0.6 is 11.6 Å². The summed E-state index contributed by atoms with van der Waals surface area (Å²) in [7, 11) is 0. The maximum atomic E-state index is 12.2. The smallest absolute Gasteiger partial charge is 0.249 e. The highest BCUT2D eigenvalue weighted by Gasteiger charge is 2.26. The molecule has 24 heavy (non-hydrogen) atoms. The molecule has 0 bridgehead atoms. The highest BCUT2D eigenvalue weighted by molar-refractivity contribution is 6.30. The average molecular weight is 350 g/mol. The van der Waals surface area contributed by atoms with Crippen molar-refractivity contribution in [2.75, 3.05) is 0 Å². The molecular weight excluding hydrogens is 326 g/mol. The van der Waals surface area contributed by atoms with Gasteiger partial charge in [0.15, 0.2) is 0 Å². The van der Waals surface area contributed by atoms with E-state index in [-0.39, 0.29) is 17.9 Å². The van der Waals surface area contributed by atoms with E-state index in [4.69, 9.17) is 16.1 Å². The van der Waals surface area contributed by atoms with E-state index in [1.165, 1.54) is 0 Å². The molecule has 1 amide bonds. The van der Waals surface area contributed by atoms with Gasteiger partial charge in [0.25, 0.3) is 0 Å². The summed E-state index contributed by atoms with van der Waals surface area (Å²) in [6.45, 7) is 8.17. The molecular formula is C18H24ClN3O2. The average Bonchev–Trinajstić information content (AvgIpc) is 3.01. The molecule has 0 spiro atoms. The first-order chi connectivity index (χ1) is 11.4. The molecule has 0 aliphatic heterocycles. The lowest BCUT2D eigenvalue weighted by Crippen LogP contribution is -2.33. The molecule has 5 nitrogen and oxygen atoms in total. The molecule has 6 heteroatoms. The number of halogens is 1. The van der Waals surface area contributed by atoms with Gasteiger partial charge in [-0.25, -0.2) is 0 Å². The van der Waals surface area contributed by atoms with E-state index in [2.05, 4.69) is 29.3 Å². The van der Waals surface area contributed by atoms with Crippen molar-refractivity contribution in [3.63, 3.8) is 0 Å². The van der Waals surface area contributed by atoms with Gasteiger partial charge in [-0.15, -0.1) is 0 Å². The molecule has 2 atom stereocenters. The van der Waals surface area contributed by atoms with Crippen molar-refractivity contribution in [1.82, 2.24) is 15.5 Å². The molecule has 1 aromatic carbocycles. The van der Waals surface area contributed by atoms with E-state index in [9.17, 15) is 4.79 Å². The van der Waals surface area contributed by atoms with Crippen LogP contribution < -0.4 is 5.32 Å². The zero-order chi connectivity index (χ0) is 17.7. The first-order valence-electron chi connectivity index (χ1n) is 8.29. The number of amides is 1. The summed E-state index contributed by atoms with van der Waals surface area (Å²) >= 11 is 5.90. The van der Waals surface area contributed by atoms with Gasteiger partial charge in [0.1, 0.15) is 6.04 Å². The number of carbonyl (C=O) groups excluding carboxylic acids is 1. The largest absolute Gasteiger partial charge is 0.344 e. The number of aromatic nitrogens is 2. The summed E-state index contributed by atoms with van der Waals surface area (Å²) in [5, 5.41) is 7.73. The van der Waals surface area contributed by atoms with Gasteiger partial charge in [-0.05, 0) is 36.1 Å². The lowest BCUT2D eigenvalue weighted by molar-refractivity contribution is -0.123. The highest BCUT2D eigenvalue weighted by atomic mass is 35.5. The molecule has 0 aliphatic rings. The Kier molecular flexibility index (Phi) is 6.37. The summed E-state index contributed by atoms with van der Waals surface area (Å²) in [6.07, 6.45) is 1.37. The number of rotatable bonds is 7. The topological polar surface area (TPSA) is 68.0 Å². The van der Waals surface area contributed by atoms with E-state index < -0.39 is 0 Å². The first-order valence-corrected chi connectivity index (χ1v) is 8.67. The Hall–Kier alpha value is -1.88. The second-order valence-corrected chi connectivity index (χ2v) is 6.93. The van der Waals surface area contributed by atoms with Crippen LogP contribution in [-0.2, 0) is 4.79 Å². The van der Waals surface area contributed by atoms with Crippen LogP contribution in [0, 0.1) is 11.8 Å². The van der Waals surface area contributed by atoms with Gasteiger partial charge in [-0.1, -0.05) is 50.9 Å². The standard InChI is InChI=1S/C18H24ClN3O2/c1-5-12(4)16(20-15(23)10-11(2)3)18-21-17(22-24-18)13-6-8-14(19)9-7-13/h6-9,11-12,16H,5,10H2,1-4H3,(H,20,23)/t12-,16-/m0/s1. The number of benzene rings is 1. The molecule has 2 rings (SSSR count). The van der Waals surface area contributed by atoms with Crippen molar-refractivity contribution in [2.45, 2.75) is 46.6 Å². The van der Waals surface area contributed by atoms with Crippen LogP contribution in [0.1, 0.15) is 52.5 Å². The van der Waals surface area contributed by atoms with Crippen LogP contribution in [0.5, 0.6) is 0 Å². The molecule has 2 aromatic rings. The second kappa shape index (κ2) is 8.29. The monoisotopic (exact) mass is 349 g/mol. The summed E-state index contributed by atoms with van der Waals surface area (Å²) in [5.41, 5.74) is 0.825. The van der Waals surface area contributed by atoms with Crippen molar-refractivity contribution in [3.05, 3.63) is 35.2 Å². The van der Waals surface area contributed by atoms with E-state index in [0.29, 0.717) is 29.1 Å². The fourth-order valence-electron chi connectivity index (χ4n) is 2.36. The fourth-order valence-corrected chi connectivity index (χ4v) is 2.49. The van der Waals surface area contributed by atoms with Gasteiger partial charge in [0.05, 0.1) is 0 Å². The molecule has 0 fully saturated rings. The van der Waals surface area contributed by atoms with Gasteiger partial charge in [0.2, 0.25) is 17.6 Å². The third-order valence-electron chi connectivity index (χ3n) is 3.93. The Bertz CT molecular complexity index is 667. The quantitative estimate of drug-likeness (QED) is 0.790. The molecule has 0 saturated carbocycles. The fraction of sp³-hybridized carbons (Fsp3) is 0.500. The van der Waals surface area contributed by atoms with Crippen molar-refractivity contribution in [3.8, 4) is 11.4 Å². The first kappa shape index (κ1) is 18.5. The van der Waals surface area contributed by atoms with Crippen LogP contribution in [0.25, 0.3) is 11.4 Å². The molecule has 0 radical (unpaired) electrons. The van der Waals surface area contributed by atoms with E-state index in [0.717, 1.165) is 12.0 Å². The van der Waals surface area contributed by atoms with Gasteiger partial charge >= 0.3 is 0 Å². The zero-order valence-electron chi connectivity index (χ0n) is 14.5. The number of nitrogens with one attached hydrogen (secondary N) is 1. The number of carbonyl (C=O) groups is 1. The van der Waals surface area contributed by atoms with Crippen molar-refractivity contribution < 1.29 is 9.32 Å². The molecule has 1 aromatic heterocycles. The van der Waals surface area contributed by atoms with Crippen LogP contribution in [0.2, 0.25) is 5.02 Å². The third-order valence-corrected chi connectivity index (χ3v) is 4.19. The predicted molar refractivity (Wildman–Crippen MR) is 94.5 cm³/mol. The Balaban J connectivity index is 2.21. The van der Waals surface area contributed by atoms with Crippen LogP contribution in [0.15, 0.2) is 28.8 Å². The van der Waals surface area contributed by atoms with E-state index in [1.54, 1.807) is 12.1 Å².